The molecule has 0 saturated carbocycles. The average molecular weight is 170 g/mol. The molecule has 0 spiro atoms. The summed E-state index contributed by atoms with van der Waals surface area (Å²) in [4.78, 5) is 0. The van der Waals surface area contributed by atoms with Crippen LogP contribution in [0.1, 0.15) is 11.3 Å². The zero-order valence-corrected chi connectivity index (χ0v) is 6.65. The van der Waals surface area contributed by atoms with E-state index >= 15 is 0 Å². The van der Waals surface area contributed by atoms with Crippen molar-refractivity contribution in [3.05, 3.63) is 17.5 Å². The van der Waals surface area contributed by atoms with Crippen LogP contribution in [0.4, 0.5) is 0 Å². The van der Waals surface area contributed by atoms with Crippen LogP contribution in [0.5, 0.6) is 0 Å². The summed E-state index contributed by atoms with van der Waals surface area (Å²) < 4.78 is 1.23. The molecule has 61 valence electrons. The molecule has 0 unspecified atom stereocenters. The second-order valence-corrected chi connectivity index (χ2v) is 2.20. The molecule has 0 atom stereocenters. The topological polar surface area (TPSA) is 89.2 Å². The lowest BCUT2D eigenvalue weighted by atomic mass is 10.2. The fourth-order valence-electron chi connectivity index (χ4n) is 0.844. The van der Waals surface area contributed by atoms with Gasteiger partial charge in [-0.1, -0.05) is 0 Å². The molecular formula is C8H4N5. The molecule has 0 amide bonds. The Morgan fingerprint density at radius 1 is 1.31 bits per heavy atom. The number of nitriles is 3. The highest BCUT2D eigenvalue weighted by Crippen LogP contribution is 2.04. The third kappa shape index (κ3) is 1.83. The molecule has 0 saturated heterocycles. The highest BCUT2D eigenvalue weighted by Gasteiger charge is 2.07. The van der Waals surface area contributed by atoms with Crippen LogP contribution in [-0.4, -0.2) is 9.78 Å². The molecule has 5 heteroatoms. The van der Waals surface area contributed by atoms with Gasteiger partial charge in [0.25, 0.3) is 0 Å². The maximum atomic E-state index is 8.60. The van der Waals surface area contributed by atoms with Gasteiger partial charge in [0.05, 0.1) is 24.3 Å². The summed E-state index contributed by atoms with van der Waals surface area (Å²) in [6.07, 6.45) is 2.66. The molecule has 0 bridgehead atoms. The lowest BCUT2D eigenvalue weighted by Gasteiger charge is -1.87. The van der Waals surface area contributed by atoms with Crippen LogP contribution in [-0.2, 0) is 13.0 Å². The molecule has 1 aromatic heterocycles. The zero-order valence-electron chi connectivity index (χ0n) is 6.65. The first-order chi connectivity index (χ1) is 6.31. The number of aromatic nitrogens is 2. The molecule has 1 radical (unpaired) electrons. The Labute approximate surface area is 75.0 Å². The molecule has 0 aliphatic heterocycles. The van der Waals surface area contributed by atoms with Gasteiger partial charge in [-0.3, -0.25) is 0 Å². The monoisotopic (exact) mass is 170 g/mol. The zero-order chi connectivity index (χ0) is 9.68. The minimum absolute atomic E-state index is 0.0418. The molecule has 13 heavy (non-hydrogen) atoms. The summed E-state index contributed by atoms with van der Waals surface area (Å²) in [6, 6.07) is 5.61. The minimum atomic E-state index is 0.0418. The first-order valence-electron chi connectivity index (χ1n) is 3.44. The van der Waals surface area contributed by atoms with Gasteiger partial charge in [0, 0.05) is 0 Å². The number of hydrogen-bond donors (Lipinski definition) is 0. The van der Waals surface area contributed by atoms with E-state index in [2.05, 4.69) is 11.3 Å². The molecule has 1 rings (SSSR count). The number of rotatable bonds is 2. The lowest BCUT2D eigenvalue weighted by Crippen LogP contribution is -1.96. The summed E-state index contributed by atoms with van der Waals surface area (Å²) in [5.74, 6) is 0. The normalized spacial score (nSPS) is 8.38. The average Bonchev–Trinajstić information content (AvgIpc) is 2.49. The van der Waals surface area contributed by atoms with Crippen molar-refractivity contribution in [2.45, 2.75) is 13.0 Å². The number of nitrogens with zero attached hydrogens (tertiary/aromatic N) is 5. The molecule has 1 heterocycles. The van der Waals surface area contributed by atoms with E-state index in [4.69, 9.17) is 15.8 Å². The predicted octanol–water partition coefficient (Wildman–Crippen LogP) is 0.145. The van der Waals surface area contributed by atoms with Crippen LogP contribution in [0.25, 0.3) is 0 Å². The lowest BCUT2D eigenvalue weighted by molar-refractivity contribution is 0.693. The molecule has 5 nitrogen and oxygen atoms in total. The van der Waals surface area contributed by atoms with E-state index in [0.29, 0.717) is 5.69 Å². The van der Waals surface area contributed by atoms with Crippen molar-refractivity contribution in [2.24, 2.45) is 0 Å². The van der Waals surface area contributed by atoms with E-state index < -0.39 is 0 Å². The summed E-state index contributed by atoms with van der Waals surface area (Å²) in [5, 5.41) is 29.2. The van der Waals surface area contributed by atoms with Gasteiger partial charge in [-0.05, 0) is 0 Å². The fraction of sp³-hybridized carbons (Fsp3) is 0.250. The summed E-state index contributed by atoms with van der Waals surface area (Å²) in [5.41, 5.74) is 0.608. The van der Waals surface area contributed by atoms with Crippen LogP contribution in [0.15, 0.2) is 0 Å². The quantitative estimate of drug-likeness (QED) is 0.631. The van der Waals surface area contributed by atoms with E-state index in [1.54, 1.807) is 0 Å². The first kappa shape index (κ1) is 8.77. The fourth-order valence-corrected chi connectivity index (χ4v) is 0.844. The third-order valence-electron chi connectivity index (χ3n) is 1.35. The van der Waals surface area contributed by atoms with E-state index in [9.17, 15) is 0 Å². The van der Waals surface area contributed by atoms with Crippen LogP contribution in [0.2, 0.25) is 0 Å². The highest BCUT2D eigenvalue weighted by molar-refractivity contribution is 5.31. The molecule has 1 aromatic rings. The smallest absolute Gasteiger partial charge is 0.128 e. The summed E-state index contributed by atoms with van der Waals surface area (Å²) in [6.45, 7) is 0.0418. The third-order valence-corrected chi connectivity index (χ3v) is 1.35. The van der Waals surface area contributed by atoms with Gasteiger partial charge < -0.3 is 0 Å². The Hall–Kier alpha value is -2.32. The van der Waals surface area contributed by atoms with Gasteiger partial charge in [0.2, 0.25) is 0 Å². The van der Waals surface area contributed by atoms with Gasteiger partial charge in [-0.15, -0.1) is 0 Å². The van der Waals surface area contributed by atoms with Crippen molar-refractivity contribution in [3.8, 4) is 18.2 Å². The summed E-state index contributed by atoms with van der Waals surface area (Å²) >= 11 is 0. The van der Waals surface area contributed by atoms with Crippen molar-refractivity contribution in [1.29, 1.82) is 15.8 Å². The molecule has 0 fully saturated rings. The van der Waals surface area contributed by atoms with Gasteiger partial charge in [-0.2, -0.15) is 20.9 Å². The second-order valence-electron chi connectivity index (χ2n) is 2.20. The van der Waals surface area contributed by atoms with E-state index in [0.717, 1.165) is 0 Å². The van der Waals surface area contributed by atoms with Crippen LogP contribution < -0.4 is 0 Å². The van der Waals surface area contributed by atoms with E-state index in [-0.39, 0.29) is 18.5 Å². The van der Waals surface area contributed by atoms with Crippen molar-refractivity contribution in [1.82, 2.24) is 9.78 Å². The Balaban J connectivity index is 3.02. The largest absolute Gasteiger partial charge is 0.247 e. The van der Waals surface area contributed by atoms with E-state index in [1.165, 1.54) is 4.68 Å². The Morgan fingerprint density at radius 2 is 2.08 bits per heavy atom. The SMILES string of the molecule is N#CCc1nn(CC#N)[c]c1C#N. The number of hydrogen-bond acceptors (Lipinski definition) is 4. The van der Waals surface area contributed by atoms with Gasteiger partial charge >= 0.3 is 0 Å². The standard InChI is InChI=1S/C8H4N5/c9-2-1-8-7(5-11)6-13(12-8)4-3-10/h1,4H2. The van der Waals surface area contributed by atoms with Gasteiger partial charge in [-0.25, -0.2) is 4.68 Å². The van der Waals surface area contributed by atoms with Gasteiger partial charge in [0.1, 0.15) is 24.4 Å². The van der Waals surface area contributed by atoms with Crippen LogP contribution >= 0.6 is 0 Å². The second kappa shape index (κ2) is 3.90. The summed E-state index contributed by atoms with van der Waals surface area (Å²) in [7, 11) is 0. The maximum Gasteiger partial charge on any atom is 0.128 e. The van der Waals surface area contributed by atoms with Gasteiger partial charge in [0.15, 0.2) is 0 Å². The van der Waals surface area contributed by atoms with E-state index in [1.807, 2.05) is 18.2 Å². The molecule has 0 aliphatic carbocycles. The maximum absolute atomic E-state index is 8.60. The molecule has 0 aromatic carbocycles. The van der Waals surface area contributed by atoms with Crippen molar-refractivity contribution < 1.29 is 0 Å². The van der Waals surface area contributed by atoms with Crippen LogP contribution in [0, 0.1) is 40.2 Å². The Bertz CT molecular complexity index is 423. The Kier molecular flexibility index (Phi) is 2.63. The van der Waals surface area contributed by atoms with Crippen molar-refractivity contribution in [3.63, 3.8) is 0 Å². The minimum Gasteiger partial charge on any atom is -0.247 e. The molecular weight excluding hydrogens is 166 g/mol. The highest BCUT2D eigenvalue weighted by atomic mass is 15.3. The van der Waals surface area contributed by atoms with Crippen molar-refractivity contribution in [2.75, 3.05) is 0 Å². The molecule has 0 N–H and O–H groups in total. The predicted molar refractivity (Wildman–Crippen MR) is 40.7 cm³/mol. The molecule has 0 aliphatic rings. The van der Waals surface area contributed by atoms with Crippen molar-refractivity contribution >= 4 is 0 Å². The first-order valence-corrected chi connectivity index (χ1v) is 3.44. The Morgan fingerprint density at radius 3 is 2.62 bits per heavy atom. The van der Waals surface area contributed by atoms with Crippen LogP contribution in [0.3, 0.4) is 0 Å².